The molecule has 0 spiro atoms. The molecule has 35 heavy (non-hydrogen) atoms. The number of ether oxygens (including phenoxy) is 1. The van der Waals surface area contributed by atoms with E-state index in [1.807, 2.05) is 4.90 Å². The molecule has 3 aromatic rings. The van der Waals surface area contributed by atoms with Crippen LogP contribution in [0.2, 0.25) is 0 Å². The molecule has 1 saturated heterocycles. The third-order valence-corrected chi connectivity index (χ3v) is 6.62. The molecule has 0 bridgehead atoms. The fraction of sp³-hybridized carbons (Fsp3) is 0.304. The van der Waals surface area contributed by atoms with Gasteiger partial charge in [0, 0.05) is 24.7 Å². The smallest absolute Gasteiger partial charge is 0.338 e. The molecule has 1 aliphatic heterocycles. The largest absolute Gasteiger partial charge is 0.462 e. The molecule has 10 nitrogen and oxygen atoms in total. The molecular formula is C23H23N5O5S2. The average Bonchev–Trinajstić information content (AvgIpc) is 3.25. The normalized spacial score (nSPS) is 13.3. The van der Waals surface area contributed by atoms with Gasteiger partial charge in [0.15, 0.2) is 10.2 Å². The van der Waals surface area contributed by atoms with Crippen molar-refractivity contribution in [2.75, 3.05) is 29.9 Å². The minimum Gasteiger partial charge on any atom is -0.462 e. The van der Waals surface area contributed by atoms with E-state index in [0.29, 0.717) is 21.9 Å². The number of carbonyl (C=O) groups excluding carboxylic acids is 2. The Hall–Kier alpha value is -3.64. The van der Waals surface area contributed by atoms with Crippen LogP contribution in [0, 0.1) is 10.1 Å². The molecule has 0 aliphatic carbocycles. The summed E-state index contributed by atoms with van der Waals surface area (Å²) in [4.78, 5) is 42.2. The van der Waals surface area contributed by atoms with Gasteiger partial charge >= 0.3 is 5.97 Å². The Bertz CT molecular complexity index is 1300. The highest BCUT2D eigenvalue weighted by Gasteiger charge is 2.23. The standard InChI is InChI=1S/C23H23N5O5S2/c1-2-33-21(30)15-6-8-16-19(13-15)35-23(24-16)26-22(34)25-20(29)14-7-9-17(18(12-14)28(31)32)27-10-4-3-5-11-27/h6-9,12-13H,2-5,10-11H2,1H3,(H2,24,25,26,29,34). The van der Waals surface area contributed by atoms with Crippen molar-refractivity contribution < 1.29 is 19.2 Å². The van der Waals surface area contributed by atoms with Gasteiger partial charge in [-0.3, -0.25) is 20.2 Å². The number of nitrogens with zero attached hydrogens (tertiary/aromatic N) is 3. The van der Waals surface area contributed by atoms with E-state index in [2.05, 4.69) is 15.6 Å². The molecule has 1 aliphatic rings. The zero-order chi connectivity index (χ0) is 24.9. The Labute approximate surface area is 210 Å². The second kappa shape index (κ2) is 10.7. The van der Waals surface area contributed by atoms with Crippen molar-refractivity contribution in [2.24, 2.45) is 0 Å². The first kappa shape index (κ1) is 24.5. The van der Waals surface area contributed by atoms with Gasteiger partial charge in [0.05, 0.1) is 27.3 Å². The average molecular weight is 514 g/mol. The van der Waals surface area contributed by atoms with Crippen LogP contribution in [-0.4, -0.2) is 46.6 Å². The predicted molar refractivity (Wildman–Crippen MR) is 138 cm³/mol. The van der Waals surface area contributed by atoms with Gasteiger partial charge in [-0.05, 0) is 68.7 Å². The number of fused-ring (bicyclic) bond motifs is 1. The van der Waals surface area contributed by atoms with Crippen LogP contribution in [0.15, 0.2) is 36.4 Å². The predicted octanol–water partition coefficient (Wildman–Crippen LogP) is 4.50. The summed E-state index contributed by atoms with van der Waals surface area (Å²) in [5, 5.41) is 17.5. The number of esters is 1. The maximum atomic E-state index is 12.7. The van der Waals surface area contributed by atoms with Gasteiger partial charge < -0.3 is 15.0 Å². The van der Waals surface area contributed by atoms with Crippen molar-refractivity contribution in [1.29, 1.82) is 0 Å². The minimum atomic E-state index is -0.568. The monoisotopic (exact) mass is 513 g/mol. The molecule has 0 atom stereocenters. The second-order valence-electron chi connectivity index (χ2n) is 7.84. The first-order valence-electron chi connectivity index (χ1n) is 11.1. The molecule has 2 aromatic carbocycles. The van der Waals surface area contributed by atoms with Crippen LogP contribution >= 0.6 is 23.6 Å². The quantitative estimate of drug-likeness (QED) is 0.212. The Balaban J connectivity index is 1.44. The van der Waals surface area contributed by atoms with E-state index in [4.69, 9.17) is 17.0 Å². The number of hydrogen-bond donors (Lipinski definition) is 2. The van der Waals surface area contributed by atoms with Gasteiger partial charge in [-0.1, -0.05) is 11.3 Å². The van der Waals surface area contributed by atoms with Gasteiger partial charge in [-0.15, -0.1) is 0 Å². The summed E-state index contributed by atoms with van der Waals surface area (Å²) in [5.41, 5.74) is 1.61. The summed E-state index contributed by atoms with van der Waals surface area (Å²) >= 11 is 6.50. The molecule has 1 fully saturated rings. The van der Waals surface area contributed by atoms with E-state index in [0.717, 1.165) is 37.1 Å². The van der Waals surface area contributed by atoms with Crippen molar-refractivity contribution in [3.63, 3.8) is 0 Å². The minimum absolute atomic E-state index is 0.00225. The summed E-state index contributed by atoms with van der Waals surface area (Å²) in [5.74, 6) is -0.984. The van der Waals surface area contributed by atoms with E-state index in [1.54, 1.807) is 37.3 Å². The number of anilines is 2. The highest BCUT2D eigenvalue weighted by molar-refractivity contribution is 7.80. The van der Waals surface area contributed by atoms with Crippen LogP contribution in [0.5, 0.6) is 0 Å². The van der Waals surface area contributed by atoms with Crippen LogP contribution in [0.1, 0.15) is 46.9 Å². The van der Waals surface area contributed by atoms with Crippen LogP contribution in [0.25, 0.3) is 10.2 Å². The van der Waals surface area contributed by atoms with Crippen LogP contribution < -0.4 is 15.5 Å². The van der Waals surface area contributed by atoms with Gasteiger partial charge in [0.2, 0.25) is 0 Å². The molecule has 1 aromatic heterocycles. The number of amides is 1. The summed E-state index contributed by atoms with van der Waals surface area (Å²) in [6.45, 7) is 3.53. The van der Waals surface area contributed by atoms with Gasteiger partial charge in [0.1, 0.15) is 5.69 Å². The molecule has 2 N–H and O–H groups in total. The molecule has 0 radical (unpaired) electrons. The number of benzene rings is 2. The highest BCUT2D eigenvalue weighted by atomic mass is 32.1. The van der Waals surface area contributed by atoms with E-state index in [9.17, 15) is 19.7 Å². The molecule has 0 saturated carbocycles. The lowest BCUT2D eigenvalue weighted by molar-refractivity contribution is -0.384. The maximum absolute atomic E-state index is 12.7. The van der Waals surface area contributed by atoms with Crippen molar-refractivity contribution in [1.82, 2.24) is 10.3 Å². The molecule has 2 heterocycles. The molecular weight excluding hydrogens is 490 g/mol. The van der Waals surface area contributed by atoms with Crippen LogP contribution in [-0.2, 0) is 4.74 Å². The number of aromatic nitrogens is 1. The number of carbonyl (C=O) groups is 2. The lowest BCUT2D eigenvalue weighted by Gasteiger charge is -2.28. The first-order valence-corrected chi connectivity index (χ1v) is 12.3. The maximum Gasteiger partial charge on any atom is 0.338 e. The number of rotatable bonds is 6. The third-order valence-electron chi connectivity index (χ3n) is 5.48. The molecule has 182 valence electrons. The second-order valence-corrected chi connectivity index (χ2v) is 9.28. The number of nitro groups is 1. The molecule has 4 rings (SSSR count). The van der Waals surface area contributed by atoms with Gasteiger partial charge in [-0.25, -0.2) is 9.78 Å². The van der Waals surface area contributed by atoms with Crippen molar-refractivity contribution >= 4 is 67.3 Å². The van der Waals surface area contributed by atoms with E-state index < -0.39 is 16.8 Å². The summed E-state index contributed by atoms with van der Waals surface area (Å²) in [6.07, 6.45) is 3.07. The Morgan fingerprint density at radius 2 is 1.91 bits per heavy atom. The number of thiocarbonyl (C=S) groups is 1. The zero-order valence-electron chi connectivity index (χ0n) is 18.9. The van der Waals surface area contributed by atoms with E-state index in [-0.39, 0.29) is 23.0 Å². The topological polar surface area (TPSA) is 127 Å². The number of nitro benzene ring substituents is 1. The fourth-order valence-electron chi connectivity index (χ4n) is 3.84. The zero-order valence-corrected chi connectivity index (χ0v) is 20.5. The molecule has 12 heteroatoms. The Kier molecular flexibility index (Phi) is 7.51. The first-order chi connectivity index (χ1) is 16.9. The van der Waals surface area contributed by atoms with Gasteiger partial charge in [0.25, 0.3) is 11.6 Å². The fourth-order valence-corrected chi connectivity index (χ4v) is 5.00. The molecule has 0 unspecified atom stereocenters. The van der Waals surface area contributed by atoms with E-state index in [1.165, 1.54) is 17.4 Å². The SMILES string of the molecule is CCOC(=O)c1ccc2nc(NC(=S)NC(=O)c3ccc(N4CCCCC4)c([N+](=O)[O-])c3)sc2c1. The van der Waals surface area contributed by atoms with E-state index >= 15 is 0 Å². The highest BCUT2D eigenvalue weighted by Crippen LogP contribution is 2.31. The third kappa shape index (κ3) is 5.72. The Morgan fingerprint density at radius 3 is 2.63 bits per heavy atom. The van der Waals surface area contributed by atoms with Crippen molar-refractivity contribution in [2.45, 2.75) is 26.2 Å². The van der Waals surface area contributed by atoms with Crippen molar-refractivity contribution in [3.05, 3.63) is 57.6 Å². The number of hydrogen-bond acceptors (Lipinski definition) is 9. The number of thiazole rings is 1. The Morgan fingerprint density at radius 1 is 1.17 bits per heavy atom. The number of nitrogens with one attached hydrogen (secondary N) is 2. The van der Waals surface area contributed by atoms with Gasteiger partial charge in [-0.2, -0.15) is 0 Å². The van der Waals surface area contributed by atoms with Crippen LogP contribution in [0.4, 0.5) is 16.5 Å². The van der Waals surface area contributed by atoms with Crippen LogP contribution in [0.3, 0.4) is 0 Å². The summed E-state index contributed by atoms with van der Waals surface area (Å²) in [6, 6.07) is 9.46. The summed E-state index contributed by atoms with van der Waals surface area (Å²) in [7, 11) is 0. The summed E-state index contributed by atoms with van der Waals surface area (Å²) < 4.78 is 5.76. The van der Waals surface area contributed by atoms with Crippen molar-refractivity contribution in [3.8, 4) is 0 Å². The lowest BCUT2D eigenvalue weighted by Crippen LogP contribution is -2.34. The lowest BCUT2D eigenvalue weighted by atomic mass is 10.1. The number of piperidine rings is 1. The molecule has 1 amide bonds.